The molecule has 194 valence electrons. The number of nitrogens with one attached hydrogen (secondary N) is 1. The molecule has 13 heteroatoms. The molecule has 37 heavy (non-hydrogen) atoms. The number of non-ortho nitro benzene ring substituents is 1. The van der Waals surface area contributed by atoms with Crippen molar-refractivity contribution >= 4 is 29.6 Å². The first-order valence-electron chi connectivity index (χ1n) is 11.3. The molecule has 0 saturated carbocycles. The van der Waals surface area contributed by atoms with Gasteiger partial charge in [0.1, 0.15) is 19.3 Å². The summed E-state index contributed by atoms with van der Waals surface area (Å²) in [5.41, 5.74) is -1.12. The molecule has 0 aromatic heterocycles. The summed E-state index contributed by atoms with van der Waals surface area (Å²) in [5.74, 6) is -2.61. The standard InChI is InChI=1S/C24H23N3O10/c28-20-10-12-24(37-20,22(30)34-14-17-6-8-18(9-7-17)27(32)33)26-21(29)19(11-13-36-26)25-23(31)35-15-16-4-2-1-3-5-16/h1-9,19H,10-15H2,(H,25,31)/t19-,24?/m0/s1. The molecule has 2 aliphatic heterocycles. The number of carbonyl (C=O) groups is 4. The average Bonchev–Trinajstić information content (AvgIpc) is 3.30. The number of nitrogens with zero attached hydrogens (tertiary/aromatic N) is 2. The van der Waals surface area contributed by atoms with E-state index in [1.807, 2.05) is 6.07 Å². The van der Waals surface area contributed by atoms with Crippen molar-refractivity contribution in [2.75, 3.05) is 6.61 Å². The predicted octanol–water partition coefficient (Wildman–Crippen LogP) is 2.13. The Labute approximate surface area is 210 Å². The van der Waals surface area contributed by atoms with Crippen LogP contribution in [-0.4, -0.2) is 52.3 Å². The zero-order valence-electron chi connectivity index (χ0n) is 19.5. The first-order valence-corrected chi connectivity index (χ1v) is 11.3. The van der Waals surface area contributed by atoms with Gasteiger partial charge < -0.3 is 19.5 Å². The van der Waals surface area contributed by atoms with Crippen molar-refractivity contribution in [3.8, 4) is 0 Å². The minimum absolute atomic E-state index is 0.00960. The van der Waals surface area contributed by atoms with Gasteiger partial charge in [-0.2, -0.15) is 5.06 Å². The molecule has 0 aliphatic carbocycles. The van der Waals surface area contributed by atoms with E-state index < -0.39 is 40.6 Å². The van der Waals surface area contributed by atoms with Gasteiger partial charge in [-0.1, -0.05) is 30.3 Å². The van der Waals surface area contributed by atoms with Crippen LogP contribution in [0.1, 0.15) is 30.4 Å². The molecular formula is C24H23N3O10. The highest BCUT2D eigenvalue weighted by molar-refractivity contribution is 5.93. The summed E-state index contributed by atoms with van der Waals surface area (Å²) < 4.78 is 15.7. The monoisotopic (exact) mass is 513 g/mol. The van der Waals surface area contributed by atoms with Gasteiger partial charge >= 0.3 is 23.8 Å². The molecule has 13 nitrogen and oxygen atoms in total. The second kappa shape index (κ2) is 11.0. The summed E-state index contributed by atoms with van der Waals surface area (Å²) in [4.78, 5) is 66.2. The number of nitro benzene ring substituents is 1. The fourth-order valence-electron chi connectivity index (χ4n) is 3.82. The van der Waals surface area contributed by atoms with Crippen molar-refractivity contribution in [1.82, 2.24) is 10.4 Å². The van der Waals surface area contributed by atoms with Crippen LogP contribution in [0, 0.1) is 10.1 Å². The number of hydroxylamine groups is 2. The SMILES string of the molecule is O=C1CCC(C(=O)OCc2ccc([N+](=O)[O-])cc2)(N2OCC[C@H](NC(=O)OCc3ccccc3)C2=O)O1. The van der Waals surface area contributed by atoms with Crippen LogP contribution in [0.4, 0.5) is 10.5 Å². The van der Waals surface area contributed by atoms with Crippen molar-refractivity contribution in [3.05, 3.63) is 75.8 Å². The zero-order valence-corrected chi connectivity index (χ0v) is 19.5. The highest BCUT2D eigenvalue weighted by Gasteiger charge is 2.58. The minimum atomic E-state index is -2.18. The number of ether oxygens (including phenoxy) is 3. The van der Waals surface area contributed by atoms with E-state index in [4.69, 9.17) is 19.0 Å². The van der Waals surface area contributed by atoms with Gasteiger partial charge in [0, 0.05) is 25.0 Å². The van der Waals surface area contributed by atoms with Crippen LogP contribution in [0.15, 0.2) is 54.6 Å². The Morgan fingerprint density at radius 1 is 1.05 bits per heavy atom. The lowest BCUT2D eigenvalue weighted by Crippen LogP contribution is -2.64. The Morgan fingerprint density at radius 2 is 1.73 bits per heavy atom. The van der Waals surface area contributed by atoms with Gasteiger partial charge in [0.15, 0.2) is 0 Å². The lowest BCUT2D eigenvalue weighted by Gasteiger charge is -2.40. The highest BCUT2D eigenvalue weighted by Crippen LogP contribution is 2.35. The first kappa shape index (κ1) is 25.6. The van der Waals surface area contributed by atoms with E-state index in [9.17, 15) is 29.3 Å². The number of hydrogen-bond donors (Lipinski definition) is 1. The van der Waals surface area contributed by atoms with Crippen LogP contribution in [0.2, 0.25) is 0 Å². The van der Waals surface area contributed by atoms with Crippen LogP contribution in [0.5, 0.6) is 0 Å². The van der Waals surface area contributed by atoms with E-state index in [2.05, 4.69) is 5.32 Å². The number of amides is 2. The average molecular weight is 513 g/mol. The zero-order chi connectivity index (χ0) is 26.4. The maximum atomic E-state index is 13.2. The predicted molar refractivity (Wildman–Crippen MR) is 122 cm³/mol. The Balaban J connectivity index is 1.41. The first-order chi connectivity index (χ1) is 17.8. The van der Waals surface area contributed by atoms with E-state index >= 15 is 0 Å². The summed E-state index contributed by atoms with van der Waals surface area (Å²) in [6, 6.07) is 13.2. The molecule has 4 rings (SSSR count). The van der Waals surface area contributed by atoms with E-state index in [0.29, 0.717) is 10.6 Å². The Morgan fingerprint density at radius 3 is 2.38 bits per heavy atom. The smallest absolute Gasteiger partial charge is 0.408 e. The van der Waals surface area contributed by atoms with E-state index in [1.54, 1.807) is 24.3 Å². The number of cyclic esters (lactones) is 1. The van der Waals surface area contributed by atoms with Crippen LogP contribution in [-0.2, 0) is 46.6 Å². The van der Waals surface area contributed by atoms with Gasteiger partial charge in [0.05, 0.1) is 18.0 Å². The third-order valence-electron chi connectivity index (χ3n) is 5.74. The van der Waals surface area contributed by atoms with Crippen molar-refractivity contribution in [2.24, 2.45) is 0 Å². The molecule has 1 unspecified atom stereocenters. The number of rotatable bonds is 8. The summed E-state index contributed by atoms with van der Waals surface area (Å²) in [6.07, 6.45) is -1.14. The van der Waals surface area contributed by atoms with Gasteiger partial charge in [0.25, 0.3) is 11.6 Å². The van der Waals surface area contributed by atoms with Crippen molar-refractivity contribution in [3.63, 3.8) is 0 Å². The largest absolute Gasteiger partial charge is 0.456 e. The Kier molecular flexibility index (Phi) is 7.63. The molecule has 2 saturated heterocycles. The van der Waals surface area contributed by atoms with Crippen LogP contribution >= 0.6 is 0 Å². The maximum Gasteiger partial charge on any atom is 0.408 e. The molecule has 2 fully saturated rings. The molecule has 0 bridgehead atoms. The van der Waals surface area contributed by atoms with E-state index in [1.165, 1.54) is 24.3 Å². The van der Waals surface area contributed by atoms with Crippen molar-refractivity contribution < 1.29 is 43.1 Å². The van der Waals surface area contributed by atoms with Gasteiger partial charge in [-0.05, 0) is 23.3 Å². The molecular weight excluding hydrogens is 490 g/mol. The molecule has 2 aromatic carbocycles. The lowest BCUT2D eigenvalue weighted by atomic mass is 10.1. The summed E-state index contributed by atoms with van der Waals surface area (Å²) in [7, 11) is 0. The molecule has 0 radical (unpaired) electrons. The fourth-order valence-corrected chi connectivity index (χ4v) is 3.82. The van der Waals surface area contributed by atoms with Gasteiger partial charge in [-0.25, -0.2) is 9.59 Å². The van der Waals surface area contributed by atoms with E-state index in [0.717, 1.165) is 5.56 Å². The third kappa shape index (κ3) is 5.83. The Hall–Kier alpha value is -4.52. The molecule has 2 atom stereocenters. The normalized spacial score (nSPS) is 21.2. The molecule has 2 aromatic rings. The van der Waals surface area contributed by atoms with Crippen LogP contribution in [0.3, 0.4) is 0 Å². The summed E-state index contributed by atoms with van der Waals surface area (Å²) >= 11 is 0. The number of benzene rings is 2. The van der Waals surface area contributed by atoms with Crippen molar-refractivity contribution in [1.29, 1.82) is 0 Å². The number of alkyl carbamates (subject to hydrolysis) is 1. The van der Waals surface area contributed by atoms with E-state index in [-0.39, 0.29) is 44.8 Å². The molecule has 0 spiro atoms. The van der Waals surface area contributed by atoms with Gasteiger partial charge in [0.2, 0.25) is 0 Å². The summed E-state index contributed by atoms with van der Waals surface area (Å²) in [6.45, 7) is -0.375. The second-order valence-electron chi connectivity index (χ2n) is 8.27. The van der Waals surface area contributed by atoms with Crippen molar-refractivity contribution in [2.45, 2.75) is 44.2 Å². The highest BCUT2D eigenvalue weighted by atomic mass is 16.7. The number of esters is 2. The lowest BCUT2D eigenvalue weighted by molar-refractivity contribution is -0.384. The molecule has 2 aliphatic rings. The van der Waals surface area contributed by atoms with Crippen LogP contribution < -0.4 is 5.32 Å². The quantitative estimate of drug-likeness (QED) is 0.239. The Bertz CT molecular complexity index is 1190. The number of nitro groups is 1. The fraction of sp³-hybridized carbons (Fsp3) is 0.333. The topological polar surface area (TPSA) is 164 Å². The van der Waals surface area contributed by atoms with Crippen LogP contribution in [0.25, 0.3) is 0 Å². The number of carbonyl (C=O) groups excluding carboxylic acids is 4. The molecule has 2 heterocycles. The van der Waals surface area contributed by atoms with Gasteiger partial charge in [-0.15, -0.1) is 0 Å². The summed E-state index contributed by atoms with van der Waals surface area (Å²) in [5, 5.41) is 13.9. The minimum Gasteiger partial charge on any atom is -0.456 e. The maximum absolute atomic E-state index is 13.2. The second-order valence-corrected chi connectivity index (χ2v) is 8.27. The molecule has 1 N–H and O–H groups in total. The number of hydrogen-bond acceptors (Lipinski definition) is 10. The third-order valence-corrected chi connectivity index (χ3v) is 5.74. The molecule has 2 amide bonds. The van der Waals surface area contributed by atoms with Gasteiger partial charge in [-0.3, -0.25) is 24.5 Å².